The number of furan rings is 1. The number of carbonyl (C=O) groups is 1. The molecule has 1 aromatic heterocycles. The van der Waals surface area contributed by atoms with Gasteiger partial charge in [0.2, 0.25) is 0 Å². The monoisotopic (exact) mass is 580 g/mol. The molecule has 0 saturated heterocycles. The van der Waals surface area contributed by atoms with Gasteiger partial charge in [0.1, 0.15) is 51.6 Å². The molecule has 0 aliphatic heterocycles. The topological polar surface area (TPSA) is 172 Å². The maximum atomic E-state index is 14.2. The number of carbonyl (C=O) groups excluding carboxylic acids is 1. The molecule has 0 spiro atoms. The highest BCUT2D eigenvalue weighted by molar-refractivity contribution is 6.02. The molecule has 1 aliphatic rings. The largest absolute Gasteiger partial charge is 0.508 e. The van der Waals surface area contributed by atoms with Crippen LogP contribution in [0.25, 0.3) is 22.3 Å². The molecule has 43 heavy (non-hydrogen) atoms. The Morgan fingerprint density at radius 1 is 0.721 bits per heavy atom. The smallest absolute Gasteiger partial charge is 0.171 e. The van der Waals surface area contributed by atoms with E-state index in [1.807, 2.05) is 6.92 Å². The van der Waals surface area contributed by atoms with Gasteiger partial charge in [0.15, 0.2) is 5.78 Å². The molecule has 0 fully saturated rings. The summed E-state index contributed by atoms with van der Waals surface area (Å²) in [4.78, 5) is 14.2. The van der Waals surface area contributed by atoms with E-state index in [2.05, 4.69) is 0 Å². The summed E-state index contributed by atoms with van der Waals surface area (Å²) in [5.74, 6) is -4.49. The first kappa shape index (κ1) is 27.6. The van der Waals surface area contributed by atoms with Gasteiger partial charge in [-0.1, -0.05) is 17.7 Å². The lowest BCUT2D eigenvalue weighted by Gasteiger charge is -2.37. The number of rotatable bonds is 5. The van der Waals surface area contributed by atoms with Crippen molar-refractivity contribution in [2.75, 3.05) is 0 Å². The van der Waals surface area contributed by atoms with E-state index in [9.17, 15) is 40.5 Å². The normalized spacial score (nSPS) is 18.4. The molecule has 3 atom stereocenters. The van der Waals surface area contributed by atoms with Gasteiger partial charge in [-0.25, -0.2) is 0 Å². The summed E-state index contributed by atoms with van der Waals surface area (Å²) in [7, 11) is 0. The van der Waals surface area contributed by atoms with E-state index in [4.69, 9.17) is 4.42 Å². The molecule has 0 radical (unpaired) electrons. The highest BCUT2D eigenvalue weighted by Crippen LogP contribution is 2.53. The molecule has 0 unspecified atom stereocenters. The lowest BCUT2D eigenvalue weighted by atomic mass is 9.65. The number of Topliss-reactive ketones (excluding diaryl/α,β-unsaturated/α-hetero) is 1. The molecule has 0 bridgehead atoms. The number of benzene rings is 4. The number of phenols is 7. The van der Waals surface area contributed by atoms with Gasteiger partial charge >= 0.3 is 0 Å². The molecule has 1 aliphatic carbocycles. The van der Waals surface area contributed by atoms with Gasteiger partial charge in [0, 0.05) is 52.5 Å². The minimum atomic E-state index is -1.04. The Kier molecular flexibility index (Phi) is 6.65. The summed E-state index contributed by atoms with van der Waals surface area (Å²) in [5.41, 5.74) is 1.95. The van der Waals surface area contributed by atoms with Crippen LogP contribution in [0.1, 0.15) is 46.7 Å². The van der Waals surface area contributed by atoms with Crippen molar-refractivity contribution in [2.24, 2.45) is 5.92 Å². The Balaban J connectivity index is 1.50. The van der Waals surface area contributed by atoms with Crippen molar-refractivity contribution in [1.82, 2.24) is 0 Å². The molecular formula is C34H28O9. The molecule has 218 valence electrons. The van der Waals surface area contributed by atoms with Crippen LogP contribution in [-0.4, -0.2) is 41.5 Å². The van der Waals surface area contributed by atoms with Gasteiger partial charge in [-0.2, -0.15) is 0 Å². The summed E-state index contributed by atoms with van der Waals surface area (Å²) in [6, 6.07) is 16.9. The van der Waals surface area contributed by atoms with E-state index in [1.165, 1.54) is 54.6 Å². The van der Waals surface area contributed by atoms with Crippen molar-refractivity contribution in [1.29, 1.82) is 0 Å². The highest BCUT2D eigenvalue weighted by Gasteiger charge is 2.43. The lowest BCUT2D eigenvalue weighted by molar-refractivity contribution is 0.0876. The molecule has 1 heterocycles. The van der Waals surface area contributed by atoms with Crippen molar-refractivity contribution < 1.29 is 45.0 Å². The van der Waals surface area contributed by atoms with E-state index in [0.29, 0.717) is 34.3 Å². The average Bonchev–Trinajstić information content (AvgIpc) is 3.35. The Bertz CT molecular complexity index is 1910. The second-order valence-corrected chi connectivity index (χ2v) is 10.9. The second-order valence-electron chi connectivity index (χ2n) is 10.9. The molecule has 7 N–H and O–H groups in total. The maximum absolute atomic E-state index is 14.2. The molecule has 5 aromatic rings. The highest BCUT2D eigenvalue weighted by atomic mass is 16.3. The Hall–Kier alpha value is -5.57. The summed E-state index contributed by atoms with van der Waals surface area (Å²) < 4.78 is 5.84. The van der Waals surface area contributed by atoms with Gasteiger partial charge in [0.05, 0.1) is 5.56 Å². The number of ketones is 1. The summed E-state index contributed by atoms with van der Waals surface area (Å²) in [6.45, 7) is 1.84. The van der Waals surface area contributed by atoms with Gasteiger partial charge < -0.3 is 40.2 Å². The fourth-order valence-electron chi connectivity index (χ4n) is 6.14. The summed E-state index contributed by atoms with van der Waals surface area (Å²) in [5, 5.41) is 74.3. The zero-order chi connectivity index (χ0) is 30.6. The first-order chi connectivity index (χ1) is 20.5. The van der Waals surface area contributed by atoms with E-state index in [0.717, 1.165) is 11.6 Å². The van der Waals surface area contributed by atoms with E-state index < -0.39 is 29.3 Å². The van der Waals surface area contributed by atoms with Crippen LogP contribution in [0, 0.1) is 5.92 Å². The van der Waals surface area contributed by atoms with Gasteiger partial charge in [-0.05, 0) is 67.4 Å². The van der Waals surface area contributed by atoms with Crippen LogP contribution in [0.5, 0.6) is 40.2 Å². The van der Waals surface area contributed by atoms with Crippen LogP contribution in [0.3, 0.4) is 0 Å². The minimum absolute atomic E-state index is 0.0264. The van der Waals surface area contributed by atoms with E-state index in [-0.39, 0.29) is 45.6 Å². The second kappa shape index (κ2) is 10.4. The average molecular weight is 581 g/mol. The maximum Gasteiger partial charge on any atom is 0.171 e. The molecule has 9 nitrogen and oxygen atoms in total. The van der Waals surface area contributed by atoms with Crippen LogP contribution in [0.2, 0.25) is 0 Å². The quantitative estimate of drug-likeness (QED) is 0.0876. The zero-order valence-electron chi connectivity index (χ0n) is 22.9. The Morgan fingerprint density at radius 3 is 2.02 bits per heavy atom. The predicted octanol–water partition coefficient (Wildman–Crippen LogP) is 6.76. The van der Waals surface area contributed by atoms with Crippen LogP contribution in [0.4, 0.5) is 0 Å². The minimum Gasteiger partial charge on any atom is -0.508 e. The van der Waals surface area contributed by atoms with Crippen LogP contribution in [-0.2, 0) is 0 Å². The number of allylic oxidation sites excluding steroid dienone is 2. The third-order valence-corrected chi connectivity index (χ3v) is 8.05. The van der Waals surface area contributed by atoms with Gasteiger partial charge in [-0.15, -0.1) is 0 Å². The van der Waals surface area contributed by atoms with Crippen molar-refractivity contribution in [3.05, 3.63) is 101 Å². The molecule has 9 heteroatoms. The Labute approximate surface area is 245 Å². The summed E-state index contributed by atoms with van der Waals surface area (Å²) >= 11 is 0. The van der Waals surface area contributed by atoms with Crippen LogP contribution in [0.15, 0.2) is 88.9 Å². The van der Waals surface area contributed by atoms with Crippen LogP contribution < -0.4 is 0 Å². The lowest BCUT2D eigenvalue weighted by Crippen LogP contribution is -2.31. The van der Waals surface area contributed by atoms with Gasteiger partial charge in [-0.3, -0.25) is 4.79 Å². The predicted molar refractivity (Wildman–Crippen MR) is 158 cm³/mol. The van der Waals surface area contributed by atoms with Crippen molar-refractivity contribution >= 4 is 16.8 Å². The fraction of sp³-hybridized carbons (Fsp3) is 0.147. The SMILES string of the molecule is CC1=C[C@@H](c2c(O)cc(-c3cc4ccc(O)cc4o3)cc2O)[C@H](C(=O)c2ccc(O)cc2O)[C@@H](c2ccc(O)cc2O)C1. The van der Waals surface area contributed by atoms with Crippen molar-refractivity contribution in [2.45, 2.75) is 25.2 Å². The molecule has 6 rings (SSSR count). The van der Waals surface area contributed by atoms with Gasteiger partial charge in [0.25, 0.3) is 0 Å². The molecular weight excluding hydrogens is 552 g/mol. The fourth-order valence-corrected chi connectivity index (χ4v) is 6.14. The van der Waals surface area contributed by atoms with Crippen molar-refractivity contribution in [3.8, 4) is 51.6 Å². The van der Waals surface area contributed by atoms with E-state index in [1.54, 1.807) is 18.2 Å². The third kappa shape index (κ3) is 4.95. The number of aromatic hydroxyl groups is 7. The first-order valence-electron chi connectivity index (χ1n) is 13.5. The standard InChI is InChI=1S/C34H28O9/c1-16-8-24(22-6-4-19(35)13-26(22)38)32(34(42)23-7-5-20(36)14-27(23)39)25(9-16)33-28(40)10-18(11-29(33)41)30-12-17-2-3-21(37)15-31(17)43-30/h2-7,9-15,24-25,32,35-41H,8H2,1H3/t24-,25-,32-/m1/s1. The number of hydrogen-bond acceptors (Lipinski definition) is 9. The molecule has 0 saturated carbocycles. The first-order valence-corrected chi connectivity index (χ1v) is 13.5. The third-order valence-electron chi connectivity index (χ3n) is 8.05. The van der Waals surface area contributed by atoms with Crippen LogP contribution >= 0.6 is 0 Å². The van der Waals surface area contributed by atoms with E-state index >= 15 is 0 Å². The molecule has 0 amide bonds. The number of hydrogen-bond donors (Lipinski definition) is 7. The zero-order valence-corrected chi connectivity index (χ0v) is 22.9. The summed E-state index contributed by atoms with van der Waals surface area (Å²) in [6.07, 6.45) is 2.10. The number of phenolic OH excluding ortho intramolecular Hbond substituents is 7. The molecule has 4 aromatic carbocycles. The number of fused-ring (bicyclic) bond motifs is 1. The Morgan fingerprint density at radius 2 is 1.35 bits per heavy atom. The van der Waals surface area contributed by atoms with Crippen molar-refractivity contribution in [3.63, 3.8) is 0 Å².